The quantitative estimate of drug-likeness (QED) is 0.302. The third kappa shape index (κ3) is 5.49. The molecule has 1 unspecified atom stereocenters. The summed E-state index contributed by atoms with van der Waals surface area (Å²) < 4.78 is 5.91. The molecule has 3 rings (SSSR count). The Bertz CT molecular complexity index is 1040. The van der Waals surface area contributed by atoms with E-state index in [1.54, 1.807) is 54.0 Å². The van der Waals surface area contributed by atoms with Crippen LogP contribution in [0.25, 0.3) is 0 Å². The first kappa shape index (κ1) is 23.8. The molecule has 0 saturated carbocycles. The summed E-state index contributed by atoms with van der Waals surface area (Å²) in [6, 6.07) is 13.9. The number of benzene rings is 2. The first-order chi connectivity index (χ1) is 15.8. The maximum atomic E-state index is 13.1. The molecule has 9 heteroatoms. The molecule has 1 fully saturated rings. The van der Waals surface area contributed by atoms with Crippen LogP contribution >= 0.6 is 0 Å². The van der Waals surface area contributed by atoms with Crippen LogP contribution in [0.5, 0.6) is 5.75 Å². The van der Waals surface area contributed by atoms with Crippen LogP contribution in [-0.4, -0.2) is 70.8 Å². The van der Waals surface area contributed by atoms with Gasteiger partial charge in [0.15, 0.2) is 6.10 Å². The minimum Gasteiger partial charge on any atom is -0.481 e. The summed E-state index contributed by atoms with van der Waals surface area (Å²) in [6.07, 6.45) is 0.102. The fraction of sp³-hybridized carbons (Fsp3) is 0.333. The zero-order chi connectivity index (χ0) is 24.0. The second-order valence-electron chi connectivity index (χ2n) is 7.90. The SMILES string of the molecule is Cc1c(OC(C)C(=O)N2CCN(C(=O)c3ccccc3)C[C@H]2C)cccc1C(=O)N/C=N\O. The predicted octanol–water partition coefficient (Wildman–Crippen LogP) is 2.28. The Morgan fingerprint density at radius 2 is 1.88 bits per heavy atom. The Balaban J connectivity index is 1.64. The maximum absolute atomic E-state index is 13.1. The van der Waals surface area contributed by atoms with Gasteiger partial charge in [0.25, 0.3) is 17.7 Å². The standard InChI is InChI=1S/C24H28N4O5/c1-16-14-27(24(31)19-8-5-4-6-9-19)12-13-28(16)23(30)18(3)33-21-11-7-10-20(17(21)2)22(29)25-15-26-32/h4-11,15-16,18,32H,12-14H2,1-3H3,(H,25,26,29)/t16-,18?/m1/s1. The minimum absolute atomic E-state index is 0.0455. The molecular formula is C24H28N4O5. The highest BCUT2D eigenvalue weighted by molar-refractivity contribution is 6.02. The van der Waals surface area contributed by atoms with E-state index in [2.05, 4.69) is 10.5 Å². The highest BCUT2D eigenvalue weighted by Gasteiger charge is 2.33. The molecule has 3 amide bonds. The molecule has 1 aliphatic heterocycles. The van der Waals surface area contributed by atoms with Gasteiger partial charge in [-0.05, 0) is 45.0 Å². The summed E-state index contributed by atoms with van der Waals surface area (Å²) in [4.78, 5) is 41.5. The molecule has 2 aromatic rings. The normalized spacial score (nSPS) is 17.0. The third-order valence-corrected chi connectivity index (χ3v) is 5.65. The summed E-state index contributed by atoms with van der Waals surface area (Å²) in [5, 5.41) is 13.6. The fourth-order valence-corrected chi connectivity index (χ4v) is 3.86. The van der Waals surface area contributed by atoms with Gasteiger partial charge in [0.05, 0.1) is 0 Å². The van der Waals surface area contributed by atoms with Crippen LogP contribution < -0.4 is 10.1 Å². The van der Waals surface area contributed by atoms with Gasteiger partial charge in [0.1, 0.15) is 12.1 Å². The number of nitrogens with zero attached hydrogens (tertiary/aromatic N) is 3. The van der Waals surface area contributed by atoms with Crippen LogP contribution in [0.15, 0.2) is 53.7 Å². The predicted molar refractivity (Wildman–Crippen MR) is 123 cm³/mol. The van der Waals surface area contributed by atoms with Gasteiger partial charge in [-0.1, -0.05) is 29.4 Å². The lowest BCUT2D eigenvalue weighted by molar-refractivity contribution is -0.142. The second kappa shape index (κ2) is 10.6. The van der Waals surface area contributed by atoms with E-state index >= 15 is 0 Å². The molecule has 2 aromatic carbocycles. The molecule has 2 atom stereocenters. The number of oxime groups is 1. The molecule has 2 N–H and O–H groups in total. The topological polar surface area (TPSA) is 112 Å². The van der Waals surface area contributed by atoms with Crippen LogP contribution in [0.3, 0.4) is 0 Å². The van der Waals surface area contributed by atoms with E-state index in [-0.39, 0.29) is 17.9 Å². The summed E-state index contributed by atoms with van der Waals surface area (Å²) >= 11 is 0. The Hall–Kier alpha value is -3.88. The Kier molecular flexibility index (Phi) is 7.66. The molecule has 0 spiro atoms. The number of carbonyl (C=O) groups is 3. The molecule has 9 nitrogen and oxygen atoms in total. The van der Waals surface area contributed by atoms with Crippen molar-refractivity contribution in [1.29, 1.82) is 0 Å². The van der Waals surface area contributed by atoms with Gasteiger partial charge in [-0.3, -0.25) is 14.4 Å². The van der Waals surface area contributed by atoms with Crippen LogP contribution in [0.4, 0.5) is 0 Å². The number of piperazine rings is 1. The van der Waals surface area contributed by atoms with E-state index in [0.717, 1.165) is 6.34 Å². The monoisotopic (exact) mass is 452 g/mol. The zero-order valence-electron chi connectivity index (χ0n) is 18.9. The zero-order valence-corrected chi connectivity index (χ0v) is 18.9. The van der Waals surface area contributed by atoms with Crippen molar-refractivity contribution in [3.63, 3.8) is 0 Å². The molecule has 1 heterocycles. The lowest BCUT2D eigenvalue weighted by atomic mass is 10.1. The number of nitrogens with one attached hydrogen (secondary N) is 1. The van der Waals surface area contributed by atoms with E-state index in [1.165, 1.54) is 0 Å². The number of carbonyl (C=O) groups excluding carboxylic acids is 3. The maximum Gasteiger partial charge on any atom is 0.263 e. The average Bonchev–Trinajstić information content (AvgIpc) is 2.83. The first-order valence-corrected chi connectivity index (χ1v) is 10.7. The van der Waals surface area contributed by atoms with Crippen molar-refractivity contribution >= 4 is 24.1 Å². The molecule has 0 aromatic heterocycles. The number of rotatable bonds is 6. The summed E-state index contributed by atoms with van der Waals surface area (Å²) in [7, 11) is 0. The van der Waals surface area contributed by atoms with Crippen LogP contribution in [0.1, 0.15) is 40.1 Å². The lowest BCUT2D eigenvalue weighted by Gasteiger charge is -2.40. The van der Waals surface area contributed by atoms with Crippen molar-refractivity contribution in [3.8, 4) is 5.75 Å². The Morgan fingerprint density at radius 3 is 2.55 bits per heavy atom. The van der Waals surface area contributed by atoms with Gasteiger partial charge >= 0.3 is 0 Å². The van der Waals surface area contributed by atoms with E-state index in [9.17, 15) is 14.4 Å². The van der Waals surface area contributed by atoms with E-state index < -0.39 is 12.0 Å². The molecule has 1 saturated heterocycles. The Morgan fingerprint density at radius 1 is 1.15 bits per heavy atom. The number of ether oxygens (including phenoxy) is 1. The van der Waals surface area contributed by atoms with Gasteiger partial charge in [0.2, 0.25) is 0 Å². The fourth-order valence-electron chi connectivity index (χ4n) is 3.86. The van der Waals surface area contributed by atoms with Crippen molar-refractivity contribution in [1.82, 2.24) is 15.1 Å². The molecule has 1 aliphatic rings. The highest BCUT2D eigenvalue weighted by atomic mass is 16.5. The van der Waals surface area contributed by atoms with Crippen molar-refractivity contribution in [2.24, 2.45) is 5.16 Å². The average molecular weight is 453 g/mol. The third-order valence-electron chi connectivity index (χ3n) is 5.65. The van der Waals surface area contributed by atoms with E-state index in [4.69, 9.17) is 9.94 Å². The smallest absolute Gasteiger partial charge is 0.263 e. The van der Waals surface area contributed by atoms with Crippen LogP contribution in [0.2, 0.25) is 0 Å². The Labute approximate surface area is 192 Å². The van der Waals surface area contributed by atoms with Gasteiger partial charge in [0, 0.05) is 42.4 Å². The van der Waals surface area contributed by atoms with Crippen LogP contribution in [-0.2, 0) is 4.79 Å². The molecule has 0 bridgehead atoms. The minimum atomic E-state index is -0.778. The molecule has 0 radical (unpaired) electrons. The molecular weight excluding hydrogens is 424 g/mol. The summed E-state index contributed by atoms with van der Waals surface area (Å²) in [5.41, 5.74) is 1.53. The van der Waals surface area contributed by atoms with Crippen molar-refractivity contribution in [3.05, 3.63) is 65.2 Å². The van der Waals surface area contributed by atoms with E-state index in [1.807, 2.05) is 25.1 Å². The van der Waals surface area contributed by atoms with Crippen molar-refractivity contribution < 1.29 is 24.3 Å². The van der Waals surface area contributed by atoms with E-state index in [0.29, 0.717) is 42.1 Å². The van der Waals surface area contributed by atoms with Crippen molar-refractivity contribution in [2.45, 2.75) is 32.9 Å². The second-order valence-corrected chi connectivity index (χ2v) is 7.90. The van der Waals surface area contributed by atoms with Gasteiger partial charge < -0.3 is 25.1 Å². The van der Waals surface area contributed by atoms with Gasteiger partial charge in [-0.2, -0.15) is 0 Å². The summed E-state index contributed by atoms with van der Waals surface area (Å²) in [6.45, 7) is 6.59. The molecule has 33 heavy (non-hydrogen) atoms. The van der Waals surface area contributed by atoms with Gasteiger partial charge in [-0.25, -0.2) is 0 Å². The molecule has 174 valence electrons. The highest BCUT2D eigenvalue weighted by Crippen LogP contribution is 2.24. The number of hydrogen-bond donors (Lipinski definition) is 2. The molecule has 0 aliphatic carbocycles. The number of amides is 3. The number of hydrogen-bond acceptors (Lipinski definition) is 6. The van der Waals surface area contributed by atoms with Crippen LogP contribution in [0, 0.1) is 6.92 Å². The summed E-state index contributed by atoms with van der Waals surface area (Å²) in [5.74, 6) is -0.274. The first-order valence-electron chi connectivity index (χ1n) is 10.7. The largest absolute Gasteiger partial charge is 0.481 e. The lowest BCUT2D eigenvalue weighted by Crippen LogP contribution is -2.57. The van der Waals surface area contributed by atoms with Gasteiger partial charge in [-0.15, -0.1) is 0 Å². The van der Waals surface area contributed by atoms with Crippen molar-refractivity contribution in [2.75, 3.05) is 19.6 Å².